The summed E-state index contributed by atoms with van der Waals surface area (Å²) in [6.07, 6.45) is 7.62. The number of hydrogen-bond donors (Lipinski definition) is 2. The quantitative estimate of drug-likeness (QED) is 0.159. The van der Waals surface area contributed by atoms with Crippen LogP contribution < -0.4 is 5.32 Å². The van der Waals surface area contributed by atoms with Gasteiger partial charge in [-0.15, -0.1) is 0 Å². The van der Waals surface area contributed by atoms with E-state index in [-0.39, 0.29) is 72.1 Å². The third-order valence-corrected chi connectivity index (χ3v) is 13.3. The van der Waals surface area contributed by atoms with Crippen molar-refractivity contribution < 1.29 is 28.7 Å². The number of nitrogens with one attached hydrogen (secondary N) is 2. The molecule has 2 bridgehead atoms. The molecule has 2 N–H and O–H groups in total. The maximum absolute atomic E-state index is 14.3. The Hall–Kier alpha value is -3.41. The molecule has 1 saturated carbocycles. The topological polar surface area (TPSA) is 134 Å². The summed E-state index contributed by atoms with van der Waals surface area (Å²) < 4.78 is 12.2. The molecule has 0 spiro atoms. The summed E-state index contributed by atoms with van der Waals surface area (Å²) in [6, 6.07) is 11.7. The molecule has 3 fully saturated rings. The number of piperidine rings is 1. The first-order chi connectivity index (χ1) is 26.4. The molecule has 1 aliphatic carbocycles. The van der Waals surface area contributed by atoms with Crippen molar-refractivity contribution in [1.29, 1.82) is 0 Å². The number of aromatic amines is 1. The molecule has 2 amide bonds. The number of H-pyrrole nitrogens is 1. The van der Waals surface area contributed by atoms with Gasteiger partial charge in [-0.1, -0.05) is 71.4 Å². The van der Waals surface area contributed by atoms with Gasteiger partial charge in [0.25, 0.3) is 0 Å². The van der Waals surface area contributed by atoms with Crippen molar-refractivity contribution in [3.8, 4) is 0 Å². The van der Waals surface area contributed by atoms with Gasteiger partial charge in [-0.3, -0.25) is 24.3 Å². The molecule has 55 heavy (non-hydrogen) atoms. The molecule has 11 atom stereocenters. The molecule has 1 aromatic heterocycles. The van der Waals surface area contributed by atoms with E-state index in [9.17, 15) is 19.2 Å². The number of hydrogen-bond acceptors (Lipinski definition) is 8. The number of likely N-dealkylation sites (N-methyl/N-ethyl adjacent to an activating group) is 1. The highest BCUT2D eigenvalue weighted by molar-refractivity contribution is 5.90. The molecule has 2 saturated heterocycles. The zero-order chi connectivity index (χ0) is 39.8. The number of carbonyl (C=O) groups is 4. The van der Waals surface area contributed by atoms with Crippen molar-refractivity contribution in [2.45, 2.75) is 141 Å². The van der Waals surface area contributed by atoms with E-state index in [0.29, 0.717) is 31.3 Å². The molecular formula is C44H67N5O6. The van der Waals surface area contributed by atoms with Crippen LogP contribution in [-0.2, 0) is 35.1 Å². The van der Waals surface area contributed by atoms with Gasteiger partial charge in [0.05, 0.1) is 36.8 Å². The van der Waals surface area contributed by atoms with Gasteiger partial charge in [0.15, 0.2) is 5.78 Å². The van der Waals surface area contributed by atoms with E-state index in [1.54, 1.807) is 25.3 Å². The highest BCUT2D eigenvalue weighted by Crippen LogP contribution is 2.37. The SMILES string of the molecule is CC[C@H](C)[C@@H]([C@@H](CC(=O)N1CCC[C@H]1[C@H](OC)[C@@H](C)C(=O)C[C@@H](Cc1ccccc1)c1ccn[nH]1)OC)N(C)C(=O)[C@@H](CC(=O)[C@H]1N[C@@H]2CC[C@H]1C2)C(C)C. The number of nitrogens with zero attached hydrogens (tertiary/aromatic N) is 3. The number of Topliss-reactive ketones (excluding diaryl/α,β-unsaturated/α-hetero) is 2. The summed E-state index contributed by atoms with van der Waals surface area (Å²) in [5, 5.41) is 10.7. The molecule has 0 unspecified atom stereocenters. The van der Waals surface area contributed by atoms with Gasteiger partial charge < -0.3 is 24.6 Å². The summed E-state index contributed by atoms with van der Waals surface area (Å²) in [5.74, 6) is -0.481. The molecular weight excluding hydrogens is 695 g/mol. The number of ketones is 2. The summed E-state index contributed by atoms with van der Waals surface area (Å²) in [5.41, 5.74) is 2.07. The number of methoxy groups -OCH3 is 2. The van der Waals surface area contributed by atoms with Crippen LogP contribution in [0.5, 0.6) is 0 Å². The Morgan fingerprint density at radius 2 is 1.71 bits per heavy atom. The van der Waals surface area contributed by atoms with Gasteiger partial charge in [-0.25, -0.2) is 0 Å². The molecule has 0 radical (unpaired) electrons. The van der Waals surface area contributed by atoms with Crippen LogP contribution in [0.3, 0.4) is 0 Å². The summed E-state index contributed by atoms with van der Waals surface area (Å²) in [6.45, 7) is 10.7. The van der Waals surface area contributed by atoms with E-state index in [1.807, 2.05) is 57.0 Å². The van der Waals surface area contributed by atoms with Crippen molar-refractivity contribution in [2.24, 2.45) is 29.6 Å². The number of likely N-dealkylation sites (tertiary alicyclic amines) is 1. The van der Waals surface area contributed by atoms with Crippen molar-refractivity contribution >= 4 is 23.4 Å². The predicted octanol–water partition coefficient (Wildman–Crippen LogP) is 5.99. The minimum atomic E-state index is -0.554. The summed E-state index contributed by atoms with van der Waals surface area (Å²) in [4.78, 5) is 59.9. The third kappa shape index (κ3) is 10.1. The second-order valence-corrected chi connectivity index (χ2v) is 17.1. The number of fused-ring (bicyclic) bond motifs is 2. The average Bonchev–Trinajstić information content (AvgIpc) is 4.03. The molecule has 3 aliphatic rings. The van der Waals surface area contributed by atoms with Crippen LogP contribution in [0.25, 0.3) is 0 Å². The Morgan fingerprint density at radius 3 is 2.29 bits per heavy atom. The Bertz CT molecular complexity index is 1550. The van der Waals surface area contributed by atoms with E-state index in [0.717, 1.165) is 49.8 Å². The van der Waals surface area contributed by atoms with Crippen molar-refractivity contribution in [3.05, 3.63) is 53.9 Å². The second kappa shape index (κ2) is 19.6. The molecule has 1 aromatic carbocycles. The maximum Gasteiger partial charge on any atom is 0.226 e. The van der Waals surface area contributed by atoms with Crippen LogP contribution in [0.1, 0.15) is 110 Å². The van der Waals surface area contributed by atoms with Crippen molar-refractivity contribution in [3.63, 3.8) is 0 Å². The lowest BCUT2D eigenvalue weighted by atomic mass is 9.83. The fraction of sp³-hybridized carbons (Fsp3) is 0.705. The monoisotopic (exact) mass is 762 g/mol. The van der Waals surface area contributed by atoms with Gasteiger partial charge in [-0.2, -0.15) is 5.10 Å². The van der Waals surface area contributed by atoms with Crippen LogP contribution in [0.2, 0.25) is 0 Å². The number of ether oxygens (including phenoxy) is 2. The number of carbonyl (C=O) groups excluding carboxylic acids is 4. The zero-order valence-corrected chi connectivity index (χ0v) is 34.5. The van der Waals surface area contributed by atoms with E-state index in [2.05, 4.69) is 41.5 Å². The summed E-state index contributed by atoms with van der Waals surface area (Å²) in [7, 11) is 5.06. The van der Waals surface area contributed by atoms with Crippen LogP contribution in [0, 0.1) is 29.6 Å². The largest absolute Gasteiger partial charge is 0.379 e. The highest BCUT2D eigenvalue weighted by atomic mass is 16.5. The van der Waals surface area contributed by atoms with E-state index in [1.165, 1.54) is 0 Å². The first-order valence-electron chi connectivity index (χ1n) is 20.8. The van der Waals surface area contributed by atoms with Gasteiger partial charge in [0.2, 0.25) is 11.8 Å². The smallest absolute Gasteiger partial charge is 0.226 e. The third-order valence-electron chi connectivity index (χ3n) is 13.3. The van der Waals surface area contributed by atoms with Gasteiger partial charge in [0.1, 0.15) is 5.78 Å². The van der Waals surface area contributed by atoms with Crippen LogP contribution in [0.15, 0.2) is 42.6 Å². The second-order valence-electron chi connectivity index (χ2n) is 17.1. The normalized spacial score (nSPS) is 24.6. The fourth-order valence-corrected chi connectivity index (χ4v) is 9.88. The maximum atomic E-state index is 14.3. The van der Waals surface area contributed by atoms with Crippen molar-refractivity contribution in [2.75, 3.05) is 27.8 Å². The molecule has 5 rings (SSSR count). The first kappa shape index (κ1) is 42.7. The molecule has 11 heteroatoms. The van der Waals surface area contributed by atoms with Crippen LogP contribution >= 0.6 is 0 Å². The molecule has 2 aliphatic heterocycles. The molecule has 3 heterocycles. The Kier molecular flexibility index (Phi) is 15.3. The summed E-state index contributed by atoms with van der Waals surface area (Å²) >= 11 is 0. The lowest BCUT2D eigenvalue weighted by Gasteiger charge is -2.41. The van der Waals surface area contributed by atoms with Crippen molar-refractivity contribution in [1.82, 2.24) is 25.3 Å². The van der Waals surface area contributed by atoms with Gasteiger partial charge in [0, 0.05) is 76.3 Å². The lowest BCUT2D eigenvalue weighted by molar-refractivity contribution is -0.149. The molecule has 11 nitrogen and oxygen atoms in total. The first-order valence-corrected chi connectivity index (χ1v) is 20.8. The Morgan fingerprint density at radius 1 is 0.964 bits per heavy atom. The predicted molar refractivity (Wildman–Crippen MR) is 213 cm³/mol. The standard InChI is InChI=1S/C44H67N5O6/c1-9-28(4)42(48(6)44(53)34(27(2)3)25-38(51)41-31-17-18-33(23-31)46-41)39(54-7)26-40(52)49-21-13-16-36(49)43(55-8)29(5)37(50)24-32(35-19-20-45-47-35)22-30-14-11-10-12-15-30/h10-12,14-15,19-20,27-29,31-34,36,39,41-43,46H,9,13,16-18,21-26H2,1-8H3,(H,45,47)/t28-,29-,31-,32+,33+,34-,36-,39+,41-,42-,43+/m0/s1. The number of amides is 2. The molecule has 2 aromatic rings. The minimum absolute atomic E-state index is 0.0214. The Labute approximate surface area is 329 Å². The van der Waals surface area contributed by atoms with E-state index >= 15 is 0 Å². The fourth-order valence-electron chi connectivity index (χ4n) is 9.88. The van der Waals surface area contributed by atoms with Gasteiger partial charge >= 0.3 is 0 Å². The van der Waals surface area contributed by atoms with E-state index < -0.39 is 24.0 Å². The number of aromatic nitrogens is 2. The van der Waals surface area contributed by atoms with Gasteiger partial charge in [-0.05, 0) is 67.9 Å². The minimum Gasteiger partial charge on any atom is -0.379 e. The van der Waals surface area contributed by atoms with Crippen LogP contribution in [-0.4, -0.2) is 108 Å². The lowest BCUT2D eigenvalue weighted by Crippen LogP contribution is -2.54. The Balaban J connectivity index is 1.26. The average molecular weight is 762 g/mol. The zero-order valence-electron chi connectivity index (χ0n) is 34.5. The number of rotatable bonds is 21. The molecule has 304 valence electrons. The number of benzene rings is 1. The van der Waals surface area contributed by atoms with Crippen LogP contribution in [0.4, 0.5) is 0 Å². The highest BCUT2D eigenvalue weighted by Gasteiger charge is 2.45. The van der Waals surface area contributed by atoms with E-state index in [4.69, 9.17) is 9.47 Å².